The van der Waals surface area contributed by atoms with Crippen molar-refractivity contribution in [3.63, 3.8) is 0 Å². The zero-order valence-electron chi connectivity index (χ0n) is 4.53. The second kappa shape index (κ2) is 2.36. The van der Waals surface area contributed by atoms with Crippen molar-refractivity contribution >= 4 is 5.78 Å². The fourth-order valence-electron chi connectivity index (χ4n) is 0.419. The van der Waals surface area contributed by atoms with Gasteiger partial charge in [0.2, 0.25) is 5.78 Å². The predicted octanol–water partition coefficient (Wildman–Crippen LogP) is -1.02. The first-order valence-electron chi connectivity index (χ1n) is 2.35. The van der Waals surface area contributed by atoms with E-state index in [-0.39, 0.29) is 5.69 Å². The summed E-state index contributed by atoms with van der Waals surface area (Å²) in [7, 11) is 0. The second-order valence-corrected chi connectivity index (χ2v) is 1.44. The molecule has 0 unspecified atom stereocenters. The van der Waals surface area contributed by atoms with Gasteiger partial charge < -0.3 is 5.11 Å². The average molecular weight is 127 g/mol. The van der Waals surface area contributed by atoms with Gasteiger partial charge in [-0.05, 0) is 0 Å². The molecule has 1 aromatic rings. The van der Waals surface area contributed by atoms with Gasteiger partial charge in [0, 0.05) is 0 Å². The van der Waals surface area contributed by atoms with E-state index in [0.29, 0.717) is 0 Å². The van der Waals surface area contributed by atoms with Gasteiger partial charge in [-0.2, -0.15) is 0 Å². The molecule has 0 aliphatic heterocycles. The number of aromatic amines is 1. The number of aliphatic hydroxyl groups is 1. The molecule has 1 aromatic heterocycles. The van der Waals surface area contributed by atoms with Crippen molar-refractivity contribution in [3.8, 4) is 0 Å². The van der Waals surface area contributed by atoms with Crippen LogP contribution in [0.4, 0.5) is 0 Å². The van der Waals surface area contributed by atoms with Gasteiger partial charge in [-0.15, -0.1) is 5.10 Å². The Bertz CT molecular complexity index is 194. The summed E-state index contributed by atoms with van der Waals surface area (Å²) in [6.07, 6.45) is 1.33. The van der Waals surface area contributed by atoms with Crippen LogP contribution in [0.25, 0.3) is 0 Å². The van der Waals surface area contributed by atoms with Gasteiger partial charge in [0.1, 0.15) is 6.61 Å². The van der Waals surface area contributed by atoms with Crippen molar-refractivity contribution in [1.82, 2.24) is 15.4 Å². The SMILES string of the molecule is O=C(CO)c1c[nH]nn1. The van der Waals surface area contributed by atoms with E-state index in [1.54, 1.807) is 0 Å². The first kappa shape index (κ1) is 5.90. The zero-order valence-corrected chi connectivity index (χ0v) is 4.53. The van der Waals surface area contributed by atoms with Crippen molar-refractivity contribution in [3.05, 3.63) is 11.9 Å². The molecule has 0 aliphatic carbocycles. The molecule has 1 heterocycles. The predicted molar refractivity (Wildman–Crippen MR) is 27.8 cm³/mol. The molecule has 0 fully saturated rings. The number of rotatable bonds is 2. The Hall–Kier alpha value is -1.23. The van der Waals surface area contributed by atoms with E-state index in [0.717, 1.165) is 0 Å². The summed E-state index contributed by atoms with van der Waals surface area (Å²) in [4.78, 5) is 10.5. The van der Waals surface area contributed by atoms with Crippen LogP contribution in [0.5, 0.6) is 0 Å². The van der Waals surface area contributed by atoms with E-state index in [9.17, 15) is 4.79 Å². The highest BCUT2D eigenvalue weighted by atomic mass is 16.3. The highest BCUT2D eigenvalue weighted by Crippen LogP contribution is 1.87. The minimum absolute atomic E-state index is 0.164. The third-order valence-electron chi connectivity index (χ3n) is 0.846. The average Bonchev–Trinajstić information content (AvgIpc) is 2.37. The number of aliphatic hydroxyl groups excluding tert-OH is 1. The third-order valence-corrected chi connectivity index (χ3v) is 0.846. The van der Waals surface area contributed by atoms with Crippen LogP contribution in [0.15, 0.2) is 6.20 Å². The monoisotopic (exact) mass is 127 g/mol. The van der Waals surface area contributed by atoms with Crippen molar-refractivity contribution in [1.29, 1.82) is 0 Å². The first-order chi connectivity index (χ1) is 4.34. The van der Waals surface area contributed by atoms with E-state index < -0.39 is 12.4 Å². The number of carbonyl (C=O) groups is 1. The summed E-state index contributed by atoms with van der Waals surface area (Å²) in [5.74, 6) is -0.427. The van der Waals surface area contributed by atoms with Crippen LogP contribution in [0, 0.1) is 0 Å². The van der Waals surface area contributed by atoms with Gasteiger partial charge in [0.25, 0.3) is 0 Å². The first-order valence-corrected chi connectivity index (χ1v) is 2.35. The maximum absolute atomic E-state index is 10.5. The van der Waals surface area contributed by atoms with Crippen LogP contribution in [0.1, 0.15) is 10.5 Å². The van der Waals surface area contributed by atoms with Gasteiger partial charge >= 0.3 is 0 Å². The molecule has 2 N–H and O–H groups in total. The normalized spacial score (nSPS) is 9.44. The lowest BCUT2D eigenvalue weighted by Gasteiger charge is -1.83. The van der Waals surface area contributed by atoms with Crippen molar-refractivity contribution in [2.75, 3.05) is 6.61 Å². The third kappa shape index (κ3) is 1.11. The Kier molecular flexibility index (Phi) is 1.55. The van der Waals surface area contributed by atoms with Crippen LogP contribution >= 0.6 is 0 Å². The van der Waals surface area contributed by atoms with E-state index >= 15 is 0 Å². The van der Waals surface area contributed by atoms with Gasteiger partial charge in [-0.3, -0.25) is 9.89 Å². The highest BCUT2D eigenvalue weighted by Gasteiger charge is 2.04. The molecule has 5 heteroatoms. The van der Waals surface area contributed by atoms with Gasteiger partial charge in [0.05, 0.1) is 6.20 Å². The molecule has 0 spiro atoms. The number of hydrogen-bond acceptors (Lipinski definition) is 4. The number of ketones is 1. The number of hydrogen-bond donors (Lipinski definition) is 2. The number of nitrogens with one attached hydrogen (secondary N) is 1. The molecule has 0 saturated carbocycles. The van der Waals surface area contributed by atoms with Crippen LogP contribution in [-0.2, 0) is 0 Å². The molecular formula is C4H5N3O2. The van der Waals surface area contributed by atoms with E-state index in [4.69, 9.17) is 5.11 Å². The zero-order chi connectivity index (χ0) is 6.69. The molecule has 1 rings (SSSR count). The topological polar surface area (TPSA) is 78.9 Å². The number of carbonyl (C=O) groups excluding carboxylic acids is 1. The molecule has 0 bridgehead atoms. The molecule has 9 heavy (non-hydrogen) atoms. The molecular weight excluding hydrogens is 122 g/mol. The summed E-state index contributed by atoms with van der Waals surface area (Å²) in [6.45, 7) is -0.521. The molecule has 0 amide bonds. The molecule has 0 atom stereocenters. The van der Waals surface area contributed by atoms with Crippen LogP contribution < -0.4 is 0 Å². The van der Waals surface area contributed by atoms with Crippen LogP contribution in [0.3, 0.4) is 0 Å². The van der Waals surface area contributed by atoms with Gasteiger partial charge in [0.15, 0.2) is 5.69 Å². The molecule has 5 nitrogen and oxygen atoms in total. The van der Waals surface area contributed by atoms with Crippen LogP contribution in [0.2, 0.25) is 0 Å². The molecule has 0 aliphatic rings. The summed E-state index contributed by atoms with van der Waals surface area (Å²) < 4.78 is 0. The largest absolute Gasteiger partial charge is 0.388 e. The lowest BCUT2D eigenvalue weighted by molar-refractivity contribution is 0.0898. The summed E-state index contributed by atoms with van der Waals surface area (Å²) in [5.41, 5.74) is 0.164. The summed E-state index contributed by atoms with van der Waals surface area (Å²) in [6, 6.07) is 0. The summed E-state index contributed by atoms with van der Waals surface area (Å²) >= 11 is 0. The number of H-pyrrole nitrogens is 1. The Morgan fingerprint density at radius 2 is 2.67 bits per heavy atom. The Morgan fingerprint density at radius 3 is 3.11 bits per heavy atom. The Balaban J connectivity index is 2.77. The van der Waals surface area contributed by atoms with E-state index in [1.807, 2.05) is 0 Å². The lowest BCUT2D eigenvalue weighted by atomic mass is 10.3. The second-order valence-electron chi connectivity index (χ2n) is 1.44. The maximum Gasteiger partial charge on any atom is 0.209 e. The fraction of sp³-hybridized carbons (Fsp3) is 0.250. The maximum atomic E-state index is 10.5. The quantitative estimate of drug-likeness (QED) is 0.498. The highest BCUT2D eigenvalue weighted by molar-refractivity contribution is 5.94. The molecule has 0 radical (unpaired) electrons. The minimum Gasteiger partial charge on any atom is -0.388 e. The molecule has 0 aromatic carbocycles. The van der Waals surface area contributed by atoms with Crippen molar-refractivity contribution < 1.29 is 9.90 Å². The standard InChI is InChI=1S/C4H5N3O2/c8-2-4(9)3-1-5-7-6-3/h1,8H,2H2,(H,5,6,7). The molecule has 0 saturated heterocycles. The Morgan fingerprint density at radius 1 is 1.89 bits per heavy atom. The minimum atomic E-state index is -0.521. The number of aromatic nitrogens is 3. The van der Waals surface area contributed by atoms with Gasteiger partial charge in [-0.1, -0.05) is 5.21 Å². The van der Waals surface area contributed by atoms with Crippen molar-refractivity contribution in [2.45, 2.75) is 0 Å². The smallest absolute Gasteiger partial charge is 0.209 e. The lowest BCUT2D eigenvalue weighted by Crippen LogP contribution is -2.04. The van der Waals surface area contributed by atoms with Crippen molar-refractivity contribution in [2.24, 2.45) is 0 Å². The van der Waals surface area contributed by atoms with E-state index in [2.05, 4.69) is 15.4 Å². The molecule has 48 valence electrons. The van der Waals surface area contributed by atoms with E-state index in [1.165, 1.54) is 6.20 Å². The van der Waals surface area contributed by atoms with Gasteiger partial charge in [-0.25, -0.2) is 0 Å². The number of nitrogens with zero attached hydrogens (tertiary/aromatic N) is 2. The fourth-order valence-corrected chi connectivity index (χ4v) is 0.419. The van der Waals surface area contributed by atoms with Crippen LogP contribution in [-0.4, -0.2) is 32.9 Å². The summed E-state index contributed by atoms with van der Waals surface area (Å²) in [5, 5.41) is 17.3. The Labute approximate surface area is 50.7 Å². The number of Topliss-reactive ketones (excluding diaryl/α,β-unsaturated/α-hetero) is 1.